The number of aryl methyl sites for hydroxylation is 1. The minimum absolute atomic E-state index is 0.102. The molecule has 4 rings (SSSR count). The van der Waals surface area contributed by atoms with Crippen LogP contribution < -0.4 is 4.74 Å². The molecule has 3 aromatic rings. The average Bonchev–Trinajstić information content (AvgIpc) is 3.12. The van der Waals surface area contributed by atoms with Crippen LogP contribution in [-0.4, -0.2) is 35.4 Å². The van der Waals surface area contributed by atoms with Crippen LogP contribution in [-0.2, 0) is 22.4 Å². The van der Waals surface area contributed by atoms with Gasteiger partial charge in [-0.3, -0.25) is 9.59 Å². The number of aliphatic hydroxyl groups is 1. The van der Waals surface area contributed by atoms with Crippen molar-refractivity contribution >= 4 is 17.4 Å². The Balaban J connectivity index is 1.79. The number of carbonyl (C=O) groups excluding carboxylic acids is 2. The molecule has 1 fully saturated rings. The number of hydrogen-bond donors (Lipinski definition) is 1. The van der Waals surface area contributed by atoms with Gasteiger partial charge >= 0.3 is 0 Å². The molecule has 1 saturated heterocycles. The molecular weight excluding hydrogens is 414 g/mol. The number of aliphatic hydroxyl groups excluding tert-OH is 1. The summed E-state index contributed by atoms with van der Waals surface area (Å²) in [5.41, 5.74) is 3.57. The van der Waals surface area contributed by atoms with Gasteiger partial charge in [-0.05, 0) is 41.7 Å². The summed E-state index contributed by atoms with van der Waals surface area (Å²) in [6, 6.07) is 23.9. The molecule has 1 heterocycles. The molecule has 1 amide bonds. The van der Waals surface area contributed by atoms with Gasteiger partial charge in [0.1, 0.15) is 11.5 Å². The second-order valence-corrected chi connectivity index (χ2v) is 8.06. The maximum absolute atomic E-state index is 13.2. The Morgan fingerprint density at radius 2 is 1.67 bits per heavy atom. The summed E-state index contributed by atoms with van der Waals surface area (Å²) in [6.45, 7) is 2.44. The van der Waals surface area contributed by atoms with Crippen molar-refractivity contribution < 1.29 is 19.4 Å². The van der Waals surface area contributed by atoms with E-state index < -0.39 is 17.7 Å². The van der Waals surface area contributed by atoms with Gasteiger partial charge in [0.2, 0.25) is 0 Å². The van der Waals surface area contributed by atoms with Gasteiger partial charge in [0, 0.05) is 12.1 Å². The van der Waals surface area contributed by atoms with Gasteiger partial charge in [0.05, 0.1) is 18.7 Å². The first-order chi connectivity index (χ1) is 16.0. The summed E-state index contributed by atoms with van der Waals surface area (Å²) >= 11 is 0. The van der Waals surface area contributed by atoms with Gasteiger partial charge in [-0.1, -0.05) is 73.7 Å². The minimum Gasteiger partial charge on any atom is -0.507 e. The SMILES string of the molecule is CCc1ccc(C2C(=C(O)c3cccc(OC)c3)C(=O)C(=O)N2CCc2ccccc2)cc1. The zero-order valence-corrected chi connectivity index (χ0v) is 18.8. The Morgan fingerprint density at radius 1 is 0.939 bits per heavy atom. The van der Waals surface area contributed by atoms with Crippen LogP contribution in [0, 0.1) is 0 Å². The molecule has 3 aromatic carbocycles. The number of carbonyl (C=O) groups is 2. The third-order valence-corrected chi connectivity index (χ3v) is 6.07. The van der Waals surface area contributed by atoms with E-state index in [1.165, 1.54) is 7.11 Å². The Hall–Kier alpha value is -3.86. The number of nitrogens with zero attached hydrogens (tertiary/aromatic N) is 1. The third-order valence-electron chi connectivity index (χ3n) is 6.07. The first kappa shape index (κ1) is 22.3. The van der Waals surface area contributed by atoms with Crippen molar-refractivity contribution in [1.82, 2.24) is 4.90 Å². The van der Waals surface area contributed by atoms with Crippen molar-refractivity contribution in [2.75, 3.05) is 13.7 Å². The molecule has 0 aliphatic carbocycles. The van der Waals surface area contributed by atoms with E-state index >= 15 is 0 Å². The maximum atomic E-state index is 13.2. The highest BCUT2D eigenvalue weighted by Gasteiger charge is 2.45. The number of Topliss-reactive ketones (excluding diaryl/α,β-unsaturated/α-hetero) is 1. The number of rotatable bonds is 7. The van der Waals surface area contributed by atoms with Crippen molar-refractivity contribution in [3.63, 3.8) is 0 Å². The van der Waals surface area contributed by atoms with Crippen LogP contribution in [0.5, 0.6) is 5.75 Å². The Kier molecular flexibility index (Phi) is 6.59. The summed E-state index contributed by atoms with van der Waals surface area (Å²) in [5.74, 6) is -0.909. The fraction of sp³-hybridized carbons (Fsp3) is 0.214. The summed E-state index contributed by atoms with van der Waals surface area (Å²) in [6.07, 6.45) is 1.49. The zero-order chi connectivity index (χ0) is 23.4. The zero-order valence-electron chi connectivity index (χ0n) is 18.8. The quantitative estimate of drug-likeness (QED) is 0.321. The molecule has 0 saturated carbocycles. The van der Waals surface area contributed by atoms with Crippen LogP contribution in [0.4, 0.5) is 0 Å². The van der Waals surface area contributed by atoms with E-state index in [0.717, 1.165) is 23.1 Å². The lowest BCUT2D eigenvalue weighted by Crippen LogP contribution is -2.31. The third kappa shape index (κ3) is 4.53. The standard InChI is InChI=1S/C28H27NO4/c1-3-19-12-14-21(15-13-19)25-24(26(30)22-10-7-11-23(18-22)33-2)27(31)28(32)29(25)17-16-20-8-5-4-6-9-20/h4-15,18,25,30H,3,16-17H2,1-2H3. The predicted octanol–water partition coefficient (Wildman–Crippen LogP) is 4.92. The molecule has 1 atom stereocenters. The van der Waals surface area contributed by atoms with Crippen LogP contribution >= 0.6 is 0 Å². The van der Waals surface area contributed by atoms with Gasteiger partial charge in [-0.15, -0.1) is 0 Å². The van der Waals surface area contributed by atoms with Crippen LogP contribution in [0.1, 0.15) is 35.2 Å². The number of amides is 1. The van der Waals surface area contributed by atoms with Gasteiger partial charge in [0.15, 0.2) is 0 Å². The first-order valence-corrected chi connectivity index (χ1v) is 11.1. The summed E-state index contributed by atoms with van der Waals surface area (Å²) in [5, 5.41) is 11.2. The second kappa shape index (κ2) is 9.74. The van der Waals surface area contributed by atoms with E-state index in [1.807, 2.05) is 54.6 Å². The lowest BCUT2D eigenvalue weighted by molar-refractivity contribution is -0.139. The van der Waals surface area contributed by atoms with Crippen LogP contribution in [0.3, 0.4) is 0 Å². The second-order valence-electron chi connectivity index (χ2n) is 8.06. The molecule has 0 spiro atoms. The molecule has 33 heavy (non-hydrogen) atoms. The Morgan fingerprint density at radius 3 is 2.33 bits per heavy atom. The number of ether oxygens (including phenoxy) is 1. The topological polar surface area (TPSA) is 66.8 Å². The molecule has 1 N–H and O–H groups in total. The lowest BCUT2D eigenvalue weighted by atomic mass is 9.94. The molecule has 0 aromatic heterocycles. The van der Waals surface area contributed by atoms with Gasteiger partial charge in [-0.2, -0.15) is 0 Å². The average molecular weight is 442 g/mol. The smallest absolute Gasteiger partial charge is 0.295 e. The van der Waals surface area contributed by atoms with Gasteiger partial charge in [-0.25, -0.2) is 0 Å². The van der Waals surface area contributed by atoms with Crippen LogP contribution in [0.2, 0.25) is 0 Å². The van der Waals surface area contributed by atoms with E-state index in [2.05, 4.69) is 6.92 Å². The summed E-state index contributed by atoms with van der Waals surface area (Å²) in [4.78, 5) is 27.8. The monoisotopic (exact) mass is 441 g/mol. The van der Waals surface area contributed by atoms with E-state index in [4.69, 9.17) is 4.74 Å². The van der Waals surface area contributed by atoms with E-state index in [-0.39, 0.29) is 11.3 Å². The summed E-state index contributed by atoms with van der Waals surface area (Å²) < 4.78 is 5.27. The molecule has 0 radical (unpaired) electrons. The Bertz CT molecular complexity index is 1180. The number of benzene rings is 3. The highest BCUT2D eigenvalue weighted by Crippen LogP contribution is 2.39. The fourth-order valence-corrected chi connectivity index (χ4v) is 4.21. The normalized spacial score (nSPS) is 17.4. The fourth-order valence-electron chi connectivity index (χ4n) is 4.21. The lowest BCUT2D eigenvalue weighted by Gasteiger charge is -2.25. The molecule has 5 nitrogen and oxygen atoms in total. The van der Waals surface area contributed by atoms with E-state index in [1.54, 1.807) is 29.2 Å². The highest BCUT2D eigenvalue weighted by molar-refractivity contribution is 6.46. The molecule has 5 heteroatoms. The van der Waals surface area contributed by atoms with Gasteiger partial charge < -0.3 is 14.7 Å². The largest absolute Gasteiger partial charge is 0.507 e. The number of methoxy groups -OCH3 is 1. The minimum atomic E-state index is -0.673. The van der Waals surface area contributed by atoms with Crippen molar-refractivity contribution in [1.29, 1.82) is 0 Å². The molecule has 168 valence electrons. The van der Waals surface area contributed by atoms with E-state index in [9.17, 15) is 14.7 Å². The Labute approximate surface area is 193 Å². The molecule has 1 unspecified atom stereocenters. The van der Waals surface area contributed by atoms with Crippen LogP contribution in [0.15, 0.2) is 84.4 Å². The molecular formula is C28H27NO4. The number of hydrogen-bond acceptors (Lipinski definition) is 4. The predicted molar refractivity (Wildman–Crippen MR) is 128 cm³/mol. The van der Waals surface area contributed by atoms with Crippen molar-refractivity contribution in [3.05, 3.63) is 107 Å². The molecule has 1 aliphatic rings. The first-order valence-electron chi connectivity index (χ1n) is 11.1. The molecule has 1 aliphatic heterocycles. The molecule has 0 bridgehead atoms. The number of likely N-dealkylation sites (tertiary alicyclic amines) is 1. The van der Waals surface area contributed by atoms with Crippen molar-refractivity contribution in [3.8, 4) is 5.75 Å². The maximum Gasteiger partial charge on any atom is 0.295 e. The van der Waals surface area contributed by atoms with E-state index in [0.29, 0.717) is 24.3 Å². The van der Waals surface area contributed by atoms with Crippen LogP contribution in [0.25, 0.3) is 5.76 Å². The van der Waals surface area contributed by atoms with Gasteiger partial charge in [0.25, 0.3) is 11.7 Å². The van der Waals surface area contributed by atoms with Crippen molar-refractivity contribution in [2.24, 2.45) is 0 Å². The van der Waals surface area contributed by atoms with Crippen molar-refractivity contribution in [2.45, 2.75) is 25.8 Å². The number of ketones is 1. The highest BCUT2D eigenvalue weighted by atomic mass is 16.5. The summed E-state index contributed by atoms with van der Waals surface area (Å²) in [7, 11) is 1.54.